The smallest absolute Gasteiger partial charge is 0.324 e. The SMILES string of the molecule is CCOC(=O)CN[S+]([O-])c1cncc(-c2nc(NCc3ccccn3)c3c(-c4ccccc4)cccc3n2)c1. The number of carbonyl (C=O) groups is 1. The van der Waals surface area contributed by atoms with Crippen molar-refractivity contribution in [3.8, 4) is 22.5 Å². The van der Waals surface area contributed by atoms with Crippen molar-refractivity contribution in [2.45, 2.75) is 18.4 Å². The number of hydrogen-bond donors (Lipinski definition) is 2. The van der Waals surface area contributed by atoms with E-state index in [0.717, 1.165) is 27.7 Å². The van der Waals surface area contributed by atoms with Gasteiger partial charge in [-0.3, -0.25) is 14.8 Å². The lowest BCUT2D eigenvalue weighted by Crippen LogP contribution is -2.30. The van der Waals surface area contributed by atoms with Crippen LogP contribution in [-0.4, -0.2) is 43.6 Å². The summed E-state index contributed by atoms with van der Waals surface area (Å²) >= 11 is -1.67. The first kappa shape index (κ1) is 26.2. The Morgan fingerprint density at radius 3 is 2.62 bits per heavy atom. The average Bonchev–Trinajstić information content (AvgIpc) is 2.99. The third-order valence-electron chi connectivity index (χ3n) is 5.81. The van der Waals surface area contributed by atoms with Gasteiger partial charge in [-0.2, -0.15) is 0 Å². The van der Waals surface area contributed by atoms with Gasteiger partial charge >= 0.3 is 5.97 Å². The van der Waals surface area contributed by atoms with Crippen molar-refractivity contribution in [3.05, 3.63) is 97.1 Å². The Balaban J connectivity index is 1.53. The lowest BCUT2D eigenvalue weighted by atomic mass is 10.0. The zero-order valence-corrected chi connectivity index (χ0v) is 22.0. The summed E-state index contributed by atoms with van der Waals surface area (Å²) in [5, 5.41) is 4.33. The van der Waals surface area contributed by atoms with E-state index in [9.17, 15) is 9.35 Å². The number of fused-ring (bicyclic) bond motifs is 1. The summed E-state index contributed by atoms with van der Waals surface area (Å²) in [5.74, 6) is 0.589. The normalized spacial score (nSPS) is 11.7. The minimum atomic E-state index is -1.67. The van der Waals surface area contributed by atoms with Gasteiger partial charge in [-0.05, 0) is 36.2 Å². The summed E-state index contributed by atoms with van der Waals surface area (Å²) in [6.07, 6.45) is 4.85. The fourth-order valence-electron chi connectivity index (χ4n) is 4.04. The summed E-state index contributed by atoms with van der Waals surface area (Å²) in [7, 11) is 0. The third-order valence-corrected chi connectivity index (χ3v) is 6.87. The van der Waals surface area contributed by atoms with E-state index in [1.807, 2.05) is 54.6 Å². The van der Waals surface area contributed by atoms with Crippen LogP contribution in [0.1, 0.15) is 12.6 Å². The maximum absolute atomic E-state index is 12.8. The van der Waals surface area contributed by atoms with Crippen molar-refractivity contribution in [2.24, 2.45) is 0 Å². The molecule has 0 amide bonds. The molecule has 0 saturated carbocycles. The summed E-state index contributed by atoms with van der Waals surface area (Å²) < 4.78 is 20.3. The minimum absolute atomic E-state index is 0.180. The molecule has 1 atom stereocenters. The highest BCUT2D eigenvalue weighted by Crippen LogP contribution is 2.34. The molecule has 1 unspecified atom stereocenters. The molecule has 10 heteroatoms. The van der Waals surface area contributed by atoms with Crippen LogP contribution in [-0.2, 0) is 27.4 Å². The van der Waals surface area contributed by atoms with Crippen molar-refractivity contribution in [1.82, 2.24) is 24.7 Å². The van der Waals surface area contributed by atoms with Crippen LogP contribution in [0.4, 0.5) is 5.82 Å². The second-order valence-electron chi connectivity index (χ2n) is 8.44. The fraction of sp³-hybridized carbons (Fsp3) is 0.138. The Morgan fingerprint density at radius 1 is 0.974 bits per heavy atom. The van der Waals surface area contributed by atoms with Crippen LogP contribution in [0.3, 0.4) is 0 Å². The molecule has 2 aromatic carbocycles. The molecule has 39 heavy (non-hydrogen) atoms. The van der Waals surface area contributed by atoms with Gasteiger partial charge in [-0.1, -0.05) is 48.5 Å². The maximum atomic E-state index is 12.8. The van der Waals surface area contributed by atoms with E-state index in [-0.39, 0.29) is 13.2 Å². The molecule has 3 aromatic heterocycles. The first-order valence-corrected chi connectivity index (χ1v) is 13.5. The molecule has 0 radical (unpaired) electrons. The van der Waals surface area contributed by atoms with Gasteiger partial charge in [0.05, 0.1) is 47.3 Å². The first-order valence-electron chi connectivity index (χ1n) is 12.4. The number of aromatic nitrogens is 4. The predicted octanol–water partition coefficient (Wildman–Crippen LogP) is 4.54. The summed E-state index contributed by atoms with van der Waals surface area (Å²) in [6.45, 7) is 2.26. The lowest BCUT2D eigenvalue weighted by Gasteiger charge is -2.15. The summed E-state index contributed by atoms with van der Waals surface area (Å²) in [6, 6.07) is 23.5. The van der Waals surface area contributed by atoms with Crippen molar-refractivity contribution >= 4 is 34.1 Å². The molecule has 5 rings (SSSR count). The molecular weight excluding hydrogens is 512 g/mol. The largest absolute Gasteiger partial charge is 0.593 e. The number of esters is 1. The summed E-state index contributed by atoms with van der Waals surface area (Å²) in [4.78, 5) is 30.5. The number of anilines is 1. The first-order chi connectivity index (χ1) is 19.1. The molecule has 2 N–H and O–H groups in total. The van der Waals surface area contributed by atoms with E-state index < -0.39 is 17.3 Å². The lowest BCUT2D eigenvalue weighted by molar-refractivity contribution is -0.141. The highest BCUT2D eigenvalue weighted by Gasteiger charge is 2.18. The number of rotatable bonds is 10. The van der Waals surface area contributed by atoms with Gasteiger partial charge in [-0.25, -0.2) is 9.97 Å². The fourth-order valence-corrected chi connectivity index (χ4v) is 4.84. The Morgan fingerprint density at radius 2 is 1.82 bits per heavy atom. The molecule has 3 heterocycles. The van der Waals surface area contributed by atoms with Crippen LogP contribution in [0.5, 0.6) is 0 Å². The number of hydrogen-bond acceptors (Lipinski definition) is 9. The number of pyridine rings is 2. The van der Waals surface area contributed by atoms with Crippen molar-refractivity contribution in [3.63, 3.8) is 0 Å². The molecule has 5 aromatic rings. The zero-order valence-electron chi connectivity index (χ0n) is 21.2. The third kappa shape index (κ3) is 6.37. The average molecular weight is 539 g/mol. The second kappa shape index (κ2) is 12.4. The van der Waals surface area contributed by atoms with Crippen LogP contribution in [0.2, 0.25) is 0 Å². The number of nitrogens with zero attached hydrogens (tertiary/aromatic N) is 4. The molecule has 0 aliphatic rings. The number of nitrogens with one attached hydrogen (secondary N) is 2. The highest BCUT2D eigenvalue weighted by molar-refractivity contribution is 7.89. The predicted molar refractivity (Wildman–Crippen MR) is 151 cm³/mol. The Hall–Kier alpha value is -4.38. The van der Waals surface area contributed by atoms with E-state index >= 15 is 0 Å². The molecule has 9 nitrogen and oxygen atoms in total. The Bertz CT molecular complexity index is 1570. The molecular formula is C29H26N6O3S. The minimum Gasteiger partial charge on any atom is -0.593 e. The van der Waals surface area contributed by atoms with E-state index in [0.29, 0.717) is 28.6 Å². The van der Waals surface area contributed by atoms with Gasteiger partial charge in [0, 0.05) is 24.0 Å². The quantitative estimate of drug-likeness (QED) is 0.195. The van der Waals surface area contributed by atoms with Crippen LogP contribution in [0.15, 0.2) is 96.3 Å². The van der Waals surface area contributed by atoms with Crippen LogP contribution >= 0.6 is 0 Å². The Labute approximate surface area is 229 Å². The maximum Gasteiger partial charge on any atom is 0.324 e. The molecule has 196 valence electrons. The van der Waals surface area contributed by atoms with E-state index in [4.69, 9.17) is 14.7 Å². The van der Waals surface area contributed by atoms with Crippen LogP contribution in [0, 0.1) is 0 Å². The zero-order chi connectivity index (χ0) is 27.0. The number of ether oxygens (including phenoxy) is 1. The van der Waals surface area contributed by atoms with Gasteiger partial charge in [0.1, 0.15) is 12.4 Å². The molecule has 0 spiro atoms. The molecule has 0 bridgehead atoms. The highest BCUT2D eigenvalue weighted by atomic mass is 32.2. The standard InChI is InChI=1S/C29H26N6O3S/c1-2-38-26(36)19-33-39(37)23-15-21(16-30-18-23)28-34-25-13-8-12-24(20-9-4-3-5-10-20)27(25)29(35-28)32-17-22-11-6-7-14-31-22/h3-16,18,33H,2,17,19H2,1H3,(H,32,34,35). The van der Waals surface area contributed by atoms with Gasteiger partial charge in [-0.15, -0.1) is 4.72 Å². The summed E-state index contributed by atoms with van der Waals surface area (Å²) in [5.41, 5.74) is 4.25. The molecule has 0 fully saturated rings. The monoisotopic (exact) mass is 538 g/mol. The van der Waals surface area contributed by atoms with Crippen molar-refractivity contribution in [1.29, 1.82) is 0 Å². The Kier molecular flexibility index (Phi) is 8.37. The molecule has 0 aliphatic carbocycles. The van der Waals surface area contributed by atoms with Gasteiger partial charge in [0.25, 0.3) is 0 Å². The topological polar surface area (TPSA) is 125 Å². The van der Waals surface area contributed by atoms with E-state index in [1.165, 1.54) is 6.20 Å². The van der Waals surface area contributed by atoms with Gasteiger partial charge in [0.2, 0.25) is 0 Å². The van der Waals surface area contributed by atoms with E-state index in [1.54, 1.807) is 25.4 Å². The van der Waals surface area contributed by atoms with Gasteiger partial charge in [0.15, 0.2) is 10.7 Å². The molecule has 0 aliphatic heterocycles. The van der Waals surface area contributed by atoms with E-state index in [2.05, 4.69) is 32.1 Å². The van der Waals surface area contributed by atoms with Gasteiger partial charge < -0.3 is 14.6 Å². The van der Waals surface area contributed by atoms with Crippen molar-refractivity contribution < 1.29 is 14.1 Å². The number of benzene rings is 2. The van der Waals surface area contributed by atoms with Crippen LogP contribution < -0.4 is 10.0 Å². The molecule has 0 saturated heterocycles. The number of carbonyl (C=O) groups excluding carboxylic acids is 1. The van der Waals surface area contributed by atoms with Crippen molar-refractivity contribution in [2.75, 3.05) is 18.5 Å². The van der Waals surface area contributed by atoms with Crippen LogP contribution in [0.25, 0.3) is 33.4 Å². The second-order valence-corrected chi connectivity index (χ2v) is 9.74.